The summed E-state index contributed by atoms with van der Waals surface area (Å²) in [7, 11) is 3.31. The highest BCUT2D eigenvalue weighted by atomic mass is 35.5. The van der Waals surface area contributed by atoms with Gasteiger partial charge in [0.1, 0.15) is 5.75 Å². The van der Waals surface area contributed by atoms with E-state index in [0.717, 1.165) is 5.69 Å². The number of ether oxygens (including phenoxy) is 1. The van der Waals surface area contributed by atoms with E-state index >= 15 is 0 Å². The van der Waals surface area contributed by atoms with E-state index in [-0.39, 0.29) is 10.8 Å². The van der Waals surface area contributed by atoms with Crippen LogP contribution in [0.25, 0.3) is 0 Å². The Morgan fingerprint density at radius 2 is 2.11 bits per heavy atom. The summed E-state index contributed by atoms with van der Waals surface area (Å²) >= 11 is 5.67. The maximum atomic E-state index is 13.7. The van der Waals surface area contributed by atoms with Crippen LogP contribution in [0.1, 0.15) is 0 Å². The molecular weight excluding hydrogens is 255 g/mol. The summed E-state index contributed by atoms with van der Waals surface area (Å²) in [5.41, 5.74) is 0.781. The minimum absolute atomic E-state index is 0.215. The number of nitrogens with zero attached hydrogens (tertiary/aromatic N) is 2. The smallest absolute Gasteiger partial charge is 0.169 e. The first-order valence-electron chi connectivity index (χ1n) is 5.30. The standard InChI is InChI=1S/C13H12ClFN2O/c1-17(10-4-3-5-11(7-10)18-2)13-12(15)6-9(14)8-16-13/h3-8H,1-2H3. The van der Waals surface area contributed by atoms with Crippen molar-refractivity contribution in [3.63, 3.8) is 0 Å². The fourth-order valence-electron chi connectivity index (χ4n) is 1.60. The zero-order valence-electron chi connectivity index (χ0n) is 10.0. The Morgan fingerprint density at radius 3 is 2.78 bits per heavy atom. The quantitative estimate of drug-likeness (QED) is 0.848. The molecule has 0 aliphatic heterocycles. The van der Waals surface area contributed by atoms with Gasteiger partial charge in [-0.15, -0.1) is 0 Å². The van der Waals surface area contributed by atoms with Gasteiger partial charge in [-0.25, -0.2) is 9.37 Å². The Bertz CT molecular complexity index is 562. The van der Waals surface area contributed by atoms with Crippen molar-refractivity contribution in [2.45, 2.75) is 0 Å². The Labute approximate surface area is 110 Å². The molecule has 0 N–H and O–H groups in total. The second kappa shape index (κ2) is 5.23. The summed E-state index contributed by atoms with van der Waals surface area (Å²) < 4.78 is 18.9. The van der Waals surface area contributed by atoms with Gasteiger partial charge in [0.15, 0.2) is 11.6 Å². The van der Waals surface area contributed by atoms with Crippen LogP contribution >= 0.6 is 11.6 Å². The number of aromatic nitrogens is 1. The first-order valence-corrected chi connectivity index (χ1v) is 5.68. The third-order valence-electron chi connectivity index (χ3n) is 2.55. The molecule has 18 heavy (non-hydrogen) atoms. The maximum absolute atomic E-state index is 13.7. The summed E-state index contributed by atoms with van der Waals surface area (Å²) in [6.45, 7) is 0. The Morgan fingerprint density at radius 1 is 1.33 bits per heavy atom. The molecular formula is C13H12ClFN2O. The van der Waals surface area contributed by atoms with E-state index in [1.807, 2.05) is 18.2 Å². The maximum Gasteiger partial charge on any atom is 0.169 e. The summed E-state index contributed by atoms with van der Waals surface area (Å²) in [4.78, 5) is 5.62. The molecule has 1 heterocycles. The number of hydrogen-bond donors (Lipinski definition) is 0. The minimum Gasteiger partial charge on any atom is -0.497 e. The summed E-state index contributed by atoms with van der Waals surface area (Å²) in [5.74, 6) is 0.453. The summed E-state index contributed by atoms with van der Waals surface area (Å²) in [6, 6.07) is 8.54. The Kier molecular flexibility index (Phi) is 3.67. The molecule has 0 amide bonds. The molecule has 1 aromatic carbocycles. The highest BCUT2D eigenvalue weighted by Crippen LogP contribution is 2.27. The molecule has 0 fully saturated rings. The van der Waals surface area contributed by atoms with Crippen molar-refractivity contribution >= 4 is 23.1 Å². The first-order chi connectivity index (χ1) is 8.61. The lowest BCUT2D eigenvalue weighted by atomic mass is 10.2. The Hall–Kier alpha value is -1.81. The predicted molar refractivity (Wildman–Crippen MR) is 70.3 cm³/mol. The van der Waals surface area contributed by atoms with Crippen LogP contribution in [0.5, 0.6) is 5.75 Å². The molecule has 3 nitrogen and oxygen atoms in total. The van der Waals surface area contributed by atoms with Gasteiger partial charge in [-0.1, -0.05) is 17.7 Å². The number of halogens is 2. The second-order valence-corrected chi connectivity index (χ2v) is 4.16. The van der Waals surface area contributed by atoms with Crippen LogP contribution in [-0.2, 0) is 0 Å². The summed E-state index contributed by atoms with van der Waals surface area (Å²) in [6.07, 6.45) is 1.41. The molecule has 5 heteroatoms. The van der Waals surface area contributed by atoms with Gasteiger partial charge < -0.3 is 9.64 Å². The Balaban J connectivity index is 2.37. The van der Waals surface area contributed by atoms with Gasteiger partial charge in [0.2, 0.25) is 0 Å². The van der Waals surface area contributed by atoms with Crippen molar-refractivity contribution in [3.05, 3.63) is 47.4 Å². The molecule has 94 valence electrons. The van der Waals surface area contributed by atoms with Gasteiger partial charge in [-0.05, 0) is 18.2 Å². The van der Waals surface area contributed by atoms with Crippen molar-refractivity contribution in [2.24, 2.45) is 0 Å². The van der Waals surface area contributed by atoms with E-state index in [1.165, 1.54) is 12.3 Å². The van der Waals surface area contributed by atoms with Crippen molar-refractivity contribution in [1.82, 2.24) is 4.98 Å². The third kappa shape index (κ3) is 2.54. The number of rotatable bonds is 3. The molecule has 0 aliphatic rings. The topological polar surface area (TPSA) is 25.4 Å². The van der Waals surface area contributed by atoms with E-state index in [1.54, 1.807) is 25.1 Å². The van der Waals surface area contributed by atoms with Gasteiger partial charge in [-0.3, -0.25) is 0 Å². The van der Waals surface area contributed by atoms with Gasteiger partial charge in [0.05, 0.1) is 12.1 Å². The van der Waals surface area contributed by atoms with E-state index in [0.29, 0.717) is 5.75 Å². The summed E-state index contributed by atoms with van der Waals surface area (Å²) in [5, 5.41) is 0.273. The van der Waals surface area contributed by atoms with Crippen molar-refractivity contribution < 1.29 is 9.13 Å². The number of pyridine rings is 1. The normalized spacial score (nSPS) is 10.2. The average molecular weight is 267 g/mol. The van der Waals surface area contributed by atoms with Crippen LogP contribution in [0.15, 0.2) is 36.5 Å². The lowest BCUT2D eigenvalue weighted by Gasteiger charge is -2.19. The zero-order chi connectivity index (χ0) is 13.1. The van der Waals surface area contributed by atoms with E-state index < -0.39 is 5.82 Å². The molecule has 0 spiro atoms. The molecule has 2 aromatic rings. The highest BCUT2D eigenvalue weighted by molar-refractivity contribution is 6.30. The zero-order valence-corrected chi connectivity index (χ0v) is 10.8. The van der Waals surface area contributed by atoms with Crippen LogP contribution in [0.3, 0.4) is 0 Å². The number of anilines is 2. The van der Waals surface area contributed by atoms with E-state index in [4.69, 9.17) is 16.3 Å². The molecule has 0 bridgehead atoms. The molecule has 2 rings (SSSR count). The molecule has 0 unspecified atom stereocenters. The SMILES string of the molecule is COc1cccc(N(C)c2ncc(Cl)cc2F)c1. The van der Waals surface area contributed by atoms with Crippen LogP contribution in [0.2, 0.25) is 5.02 Å². The van der Waals surface area contributed by atoms with Crippen LogP contribution in [0, 0.1) is 5.82 Å². The number of methoxy groups -OCH3 is 1. The molecule has 0 aliphatic carbocycles. The monoisotopic (exact) mass is 266 g/mol. The fraction of sp³-hybridized carbons (Fsp3) is 0.154. The average Bonchev–Trinajstić information content (AvgIpc) is 2.38. The van der Waals surface area contributed by atoms with E-state index in [9.17, 15) is 4.39 Å². The fourth-order valence-corrected chi connectivity index (χ4v) is 1.74. The van der Waals surface area contributed by atoms with Crippen molar-refractivity contribution in [1.29, 1.82) is 0 Å². The van der Waals surface area contributed by atoms with Crippen molar-refractivity contribution in [2.75, 3.05) is 19.1 Å². The first kappa shape index (κ1) is 12.6. The second-order valence-electron chi connectivity index (χ2n) is 3.72. The van der Waals surface area contributed by atoms with Gasteiger partial charge >= 0.3 is 0 Å². The van der Waals surface area contributed by atoms with E-state index in [2.05, 4.69) is 4.98 Å². The van der Waals surface area contributed by atoms with Gasteiger partial charge in [-0.2, -0.15) is 0 Å². The number of hydrogen-bond acceptors (Lipinski definition) is 3. The van der Waals surface area contributed by atoms with Crippen molar-refractivity contribution in [3.8, 4) is 5.75 Å². The third-order valence-corrected chi connectivity index (χ3v) is 2.75. The molecule has 0 radical (unpaired) electrons. The predicted octanol–water partition coefficient (Wildman–Crippen LogP) is 3.65. The van der Waals surface area contributed by atoms with Gasteiger partial charge in [0, 0.05) is 25.0 Å². The largest absolute Gasteiger partial charge is 0.497 e. The van der Waals surface area contributed by atoms with Crippen LogP contribution < -0.4 is 9.64 Å². The molecule has 0 atom stereocenters. The lowest BCUT2D eigenvalue weighted by molar-refractivity contribution is 0.415. The molecule has 1 aromatic heterocycles. The number of benzene rings is 1. The van der Waals surface area contributed by atoms with Crippen LogP contribution in [0.4, 0.5) is 15.9 Å². The molecule has 0 saturated heterocycles. The highest BCUT2D eigenvalue weighted by Gasteiger charge is 2.12. The minimum atomic E-state index is -0.465. The lowest BCUT2D eigenvalue weighted by Crippen LogP contribution is -2.13. The molecule has 0 saturated carbocycles. The van der Waals surface area contributed by atoms with Gasteiger partial charge in [0.25, 0.3) is 0 Å². The van der Waals surface area contributed by atoms with Crippen LogP contribution in [-0.4, -0.2) is 19.1 Å².